The molecule has 0 radical (unpaired) electrons. The number of carbonyl (C=O) groups excluding carboxylic acids is 1. The molecule has 32 heavy (non-hydrogen) atoms. The molecule has 0 aliphatic rings. The lowest BCUT2D eigenvalue weighted by molar-refractivity contribution is 0.249. The van der Waals surface area contributed by atoms with Crippen molar-refractivity contribution in [3.8, 4) is 11.5 Å². The van der Waals surface area contributed by atoms with Gasteiger partial charge in [-0.25, -0.2) is 9.78 Å². The molecule has 1 atom stereocenters. The highest BCUT2D eigenvalue weighted by Crippen LogP contribution is 2.31. The van der Waals surface area contributed by atoms with Crippen molar-refractivity contribution >= 4 is 29.0 Å². The Morgan fingerprint density at radius 2 is 2.00 bits per heavy atom. The van der Waals surface area contributed by atoms with Crippen molar-refractivity contribution in [1.29, 1.82) is 0 Å². The topological polar surface area (TPSA) is 76.9 Å². The number of amides is 2. The third-order valence-corrected chi connectivity index (χ3v) is 5.14. The lowest BCUT2D eigenvalue weighted by Crippen LogP contribution is -2.31. The minimum atomic E-state index is -0.339. The molecule has 2 aromatic carbocycles. The van der Waals surface area contributed by atoms with Gasteiger partial charge in [0.1, 0.15) is 12.3 Å². The maximum Gasteiger partial charge on any atom is 0.319 e. The van der Waals surface area contributed by atoms with Gasteiger partial charge in [-0.1, -0.05) is 29.8 Å². The monoisotopic (exact) mass is 450 g/mol. The second-order valence-corrected chi connectivity index (χ2v) is 7.66. The molecule has 0 aliphatic heterocycles. The van der Waals surface area contributed by atoms with Gasteiger partial charge in [0.2, 0.25) is 0 Å². The smallest absolute Gasteiger partial charge is 0.319 e. The summed E-state index contributed by atoms with van der Waals surface area (Å²) < 4.78 is 13.3. The molecule has 4 aromatic rings. The zero-order valence-electron chi connectivity index (χ0n) is 17.7. The van der Waals surface area contributed by atoms with Gasteiger partial charge in [-0.2, -0.15) is 0 Å². The highest BCUT2D eigenvalue weighted by molar-refractivity contribution is 6.30. The van der Waals surface area contributed by atoms with E-state index in [4.69, 9.17) is 21.1 Å². The molecule has 2 amide bonds. The zero-order valence-corrected chi connectivity index (χ0v) is 18.5. The van der Waals surface area contributed by atoms with Crippen LogP contribution >= 0.6 is 11.6 Å². The van der Waals surface area contributed by atoms with Crippen LogP contribution in [0.2, 0.25) is 5.02 Å². The van der Waals surface area contributed by atoms with Crippen LogP contribution in [-0.2, 0) is 6.61 Å². The van der Waals surface area contributed by atoms with E-state index in [1.807, 2.05) is 60.1 Å². The van der Waals surface area contributed by atoms with Crippen LogP contribution in [-0.4, -0.2) is 22.5 Å². The number of rotatable bonds is 7. The SMILES string of the molecule is COc1ccc(NC(=O)N[C@@H](C)c2cccc(Cl)c2)cc1OCc1cn2ccccc2n1. The first-order valence-corrected chi connectivity index (χ1v) is 10.5. The van der Waals surface area contributed by atoms with E-state index >= 15 is 0 Å². The second-order valence-electron chi connectivity index (χ2n) is 7.23. The zero-order chi connectivity index (χ0) is 22.5. The third-order valence-electron chi connectivity index (χ3n) is 4.91. The molecule has 2 aromatic heterocycles. The lowest BCUT2D eigenvalue weighted by atomic mass is 10.1. The van der Waals surface area contributed by atoms with Crippen LogP contribution in [0.4, 0.5) is 10.5 Å². The van der Waals surface area contributed by atoms with E-state index in [0.29, 0.717) is 22.2 Å². The predicted octanol–water partition coefficient (Wildman–Crippen LogP) is 5.46. The highest BCUT2D eigenvalue weighted by Gasteiger charge is 2.13. The van der Waals surface area contributed by atoms with E-state index in [1.165, 1.54) is 0 Å². The Bertz CT molecular complexity index is 1210. The second kappa shape index (κ2) is 9.62. The number of aromatic nitrogens is 2. The summed E-state index contributed by atoms with van der Waals surface area (Å²) in [5.41, 5.74) is 3.12. The Hall–Kier alpha value is -3.71. The van der Waals surface area contributed by atoms with Crippen molar-refractivity contribution in [2.45, 2.75) is 19.6 Å². The quantitative estimate of drug-likeness (QED) is 0.392. The first-order valence-electron chi connectivity index (χ1n) is 10.1. The number of urea groups is 1. The van der Waals surface area contributed by atoms with Gasteiger partial charge in [0.05, 0.1) is 18.8 Å². The molecule has 0 unspecified atom stereocenters. The summed E-state index contributed by atoms with van der Waals surface area (Å²) in [6.07, 6.45) is 3.84. The molecular formula is C24H23ClN4O3. The fourth-order valence-corrected chi connectivity index (χ4v) is 3.50. The van der Waals surface area contributed by atoms with Gasteiger partial charge in [0.15, 0.2) is 11.5 Å². The number of hydrogen-bond acceptors (Lipinski definition) is 4. The molecular weight excluding hydrogens is 428 g/mol. The molecule has 0 spiro atoms. The number of hydrogen-bond donors (Lipinski definition) is 2. The Morgan fingerprint density at radius 3 is 2.78 bits per heavy atom. The molecule has 0 bridgehead atoms. The van der Waals surface area contributed by atoms with Gasteiger partial charge < -0.3 is 24.5 Å². The lowest BCUT2D eigenvalue weighted by Gasteiger charge is -2.16. The number of imidazole rings is 1. The van der Waals surface area contributed by atoms with Crippen molar-refractivity contribution < 1.29 is 14.3 Å². The van der Waals surface area contributed by atoms with Crippen LogP contribution in [0.15, 0.2) is 73.1 Å². The van der Waals surface area contributed by atoms with E-state index in [2.05, 4.69) is 15.6 Å². The molecule has 7 nitrogen and oxygen atoms in total. The largest absolute Gasteiger partial charge is 0.493 e. The van der Waals surface area contributed by atoms with E-state index in [9.17, 15) is 4.79 Å². The average molecular weight is 451 g/mol. The molecule has 4 rings (SSSR count). The van der Waals surface area contributed by atoms with Crippen molar-refractivity contribution in [3.63, 3.8) is 0 Å². The summed E-state index contributed by atoms with van der Waals surface area (Å²) in [7, 11) is 1.57. The number of carbonyl (C=O) groups is 1. The normalized spacial score (nSPS) is 11.7. The molecule has 0 saturated carbocycles. The van der Waals surface area contributed by atoms with Gasteiger partial charge in [-0.3, -0.25) is 0 Å². The highest BCUT2D eigenvalue weighted by atomic mass is 35.5. The number of nitrogens with zero attached hydrogens (tertiary/aromatic N) is 2. The van der Waals surface area contributed by atoms with Crippen molar-refractivity contribution in [1.82, 2.24) is 14.7 Å². The summed E-state index contributed by atoms with van der Waals surface area (Å²) in [5, 5.41) is 6.35. The molecule has 0 aliphatic carbocycles. The Balaban J connectivity index is 1.42. The van der Waals surface area contributed by atoms with Gasteiger partial charge in [0.25, 0.3) is 0 Å². The maximum absolute atomic E-state index is 12.5. The molecule has 0 fully saturated rings. The van der Waals surface area contributed by atoms with Crippen LogP contribution in [0.3, 0.4) is 0 Å². The van der Waals surface area contributed by atoms with Crippen molar-refractivity contribution in [3.05, 3.63) is 89.3 Å². The first-order chi connectivity index (χ1) is 15.5. The van der Waals surface area contributed by atoms with Crippen LogP contribution < -0.4 is 20.1 Å². The number of pyridine rings is 1. The minimum Gasteiger partial charge on any atom is -0.493 e. The number of anilines is 1. The molecule has 8 heteroatoms. The van der Waals surface area contributed by atoms with Crippen LogP contribution in [0, 0.1) is 0 Å². The van der Waals surface area contributed by atoms with Gasteiger partial charge in [-0.05, 0) is 48.9 Å². The van der Waals surface area contributed by atoms with Gasteiger partial charge in [0, 0.05) is 29.2 Å². The molecule has 0 saturated heterocycles. The fraction of sp³-hybridized carbons (Fsp3) is 0.167. The van der Waals surface area contributed by atoms with Crippen LogP contribution in [0.5, 0.6) is 11.5 Å². The summed E-state index contributed by atoms with van der Waals surface area (Å²) in [6, 6.07) is 17.9. The van der Waals surface area contributed by atoms with Crippen molar-refractivity contribution in [2.75, 3.05) is 12.4 Å². The van der Waals surface area contributed by atoms with Crippen LogP contribution in [0.1, 0.15) is 24.2 Å². The summed E-state index contributed by atoms with van der Waals surface area (Å²) in [6.45, 7) is 2.15. The van der Waals surface area contributed by atoms with Crippen LogP contribution in [0.25, 0.3) is 5.65 Å². The minimum absolute atomic E-state index is 0.210. The fourth-order valence-electron chi connectivity index (χ4n) is 3.30. The first kappa shape index (κ1) is 21.5. The summed E-state index contributed by atoms with van der Waals surface area (Å²) in [4.78, 5) is 17.0. The van der Waals surface area contributed by atoms with E-state index in [-0.39, 0.29) is 18.7 Å². The molecule has 2 N–H and O–H groups in total. The number of methoxy groups -OCH3 is 1. The number of benzene rings is 2. The van der Waals surface area contributed by atoms with Crippen molar-refractivity contribution in [2.24, 2.45) is 0 Å². The van der Waals surface area contributed by atoms with E-state index in [1.54, 1.807) is 31.4 Å². The number of nitrogens with one attached hydrogen (secondary N) is 2. The molecule has 164 valence electrons. The third kappa shape index (κ3) is 5.12. The van der Waals surface area contributed by atoms with Gasteiger partial charge >= 0.3 is 6.03 Å². The Labute approximate surface area is 190 Å². The Morgan fingerprint density at radius 1 is 1.12 bits per heavy atom. The summed E-state index contributed by atoms with van der Waals surface area (Å²) in [5.74, 6) is 1.07. The predicted molar refractivity (Wildman–Crippen MR) is 125 cm³/mol. The average Bonchev–Trinajstić information content (AvgIpc) is 3.21. The maximum atomic E-state index is 12.5. The van der Waals surface area contributed by atoms with Gasteiger partial charge in [-0.15, -0.1) is 0 Å². The Kier molecular flexibility index (Phi) is 6.47. The number of halogens is 1. The van der Waals surface area contributed by atoms with E-state index in [0.717, 1.165) is 16.9 Å². The van der Waals surface area contributed by atoms with E-state index < -0.39 is 0 Å². The number of fused-ring (bicyclic) bond motifs is 1. The summed E-state index contributed by atoms with van der Waals surface area (Å²) >= 11 is 6.04. The number of ether oxygens (including phenoxy) is 2. The standard InChI is InChI=1S/C24H23ClN4O3/c1-16(17-6-5-7-18(25)12-17)26-24(30)28-19-9-10-21(31-2)22(13-19)32-15-20-14-29-11-4-3-8-23(29)27-20/h3-14,16H,15H2,1-2H3,(H2,26,28,30)/t16-/m0/s1. The molecule has 2 heterocycles.